The van der Waals surface area contributed by atoms with Gasteiger partial charge in [0.2, 0.25) is 0 Å². The van der Waals surface area contributed by atoms with Crippen LogP contribution >= 0.6 is 0 Å². The number of benzene rings is 2. The molecule has 3 heteroatoms. The Morgan fingerprint density at radius 3 is 2.62 bits per heavy atom. The number of hydrogen-bond donors (Lipinski definition) is 0. The van der Waals surface area contributed by atoms with Crippen molar-refractivity contribution in [2.75, 3.05) is 6.61 Å². The van der Waals surface area contributed by atoms with Crippen molar-refractivity contribution in [1.29, 1.82) is 0 Å². The van der Waals surface area contributed by atoms with E-state index in [1.54, 1.807) is 0 Å². The van der Waals surface area contributed by atoms with E-state index >= 15 is 0 Å². The fourth-order valence-electron chi connectivity index (χ4n) is 2.82. The lowest BCUT2D eigenvalue weighted by molar-refractivity contribution is -0.106. The highest BCUT2D eigenvalue weighted by molar-refractivity contribution is 5.46. The second-order valence-corrected chi connectivity index (χ2v) is 5.91. The molecule has 126 valence electrons. The Kier molecular flexibility index (Phi) is 5.91. The molecule has 3 nitrogen and oxygen atoms in total. The zero-order valence-corrected chi connectivity index (χ0v) is 13.9. The summed E-state index contributed by atoms with van der Waals surface area (Å²) in [5.41, 5.74) is 2.17. The molecule has 0 radical (unpaired) electrons. The third-order valence-corrected chi connectivity index (χ3v) is 4.07. The molecule has 1 fully saturated rings. The van der Waals surface area contributed by atoms with Crippen LogP contribution in [0.5, 0.6) is 11.5 Å². The van der Waals surface area contributed by atoms with Gasteiger partial charge in [-0.25, -0.2) is 0 Å². The quantitative estimate of drug-likeness (QED) is 0.678. The van der Waals surface area contributed by atoms with Crippen molar-refractivity contribution in [2.24, 2.45) is 0 Å². The summed E-state index contributed by atoms with van der Waals surface area (Å²) in [6.07, 6.45) is 5.60. The third kappa shape index (κ3) is 4.39. The Bertz CT molecular complexity index is 645. The second-order valence-electron chi connectivity index (χ2n) is 5.91. The molecule has 1 heterocycles. The van der Waals surface area contributed by atoms with Crippen LogP contribution in [0.25, 0.3) is 0 Å². The monoisotopic (exact) mass is 324 g/mol. The van der Waals surface area contributed by atoms with Crippen molar-refractivity contribution >= 4 is 0 Å². The zero-order valence-electron chi connectivity index (χ0n) is 13.9. The van der Waals surface area contributed by atoms with Gasteiger partial charge < -0.3 is 14.2 Å². The topological polar surface area (TPSA) is 27.7 Å². The van der Waals surface area contributed by atoms with Crippen molar-refractivity contribution in [3.8, 4) is 11.5 Å². The normalized spacial score (nSPS) is 17.2. The maximum absolute atomic E-state index is 6.08. The predicted molar refractivity (Wildman–Crippen MR) is 95.3 cm³/mol. The van der Waals surface area contributed by atoms with Crippen LogP contribution in [0.15, 0.2) is 61.2 Å². The van der Waals surface area contributed by atoms with Gasteiger partial charge in [0.15, 0.2) is 6.29 Å². The van der Waals surface area contributed by atoms with Crippen LogP contribution in [0.1, 0.15) is 30.4 Å². The minimum absolute atomic E-state index is 0.160. The Hall–Kier alpha value is -2.26. The van der Waals surface area contributed by atoms with E-state index in [4.69, 9.17) is 14.2 Å². The van der Waals surface area contributed by atoms with E-state index in [0.29, 0.717) is 13.0 Å². The minimum Gasteiger partial charge on any atom is -0.488 e. The minimum atomic E-state index is -0.160. The highest BCUT2D eigenvalue weighted by Gasteiger charge is 2.18. The molecule has 1 atom stereocenters. The van der Waals surface area contributed by atoms with Gasteiger partial charge in [0.25, 0.3) is 0 Å². The second kappa shape index (κ2) is 8.55. The number of hydrogen-bond acceptors (Lipinski definition) is 3. The van der Waals surface area contributed by atoms with E-state index in [-0.39, 0.29) is 6.29 Å². The first-order valence-corrected chi connectivity index (χ1v) is 8.54. The maximum atomic E-state index is 6.08. The van der Waals surface area contributed by atoms with Crippen molar-refractivity contribution in [3.63, 3.8) is 0 Å². The summed E-state index contributed by atoms with van der Waals surface area (Å²) in [6.45, 7) is 5.17. The average molecular weight is 324 g/mol. The number of ether oxygens (including phenoxy) is 3. The zero-order chi connectivity index (χ0) is 16.6. The summed E-state index contributed by atoms with van der Waals surface area (Å²) in [5, 5.41) is 0. The fraction of sp³-hybridized carbons (Fsp3) is 0.333. The molecule has 1 saturated heterocycles. The van der Waals surface area contributed by atoms with Gasteiger partial charge in [-0.15, -0.1) is 6.58 Å². The van der Waals surface area contributed by atoms with Gasteiger partial charge in [-0.05, 0) is 37.0 Å². The van der Waals surface area contributed by atoms with E-state index in [9.17, 15) is 0 Å². The van der Waals surface area contributed by atoms with Crippen LogP contribution < -0.4 is 9.47 Å². The van der Waals surface area contributed by atoms with Gasteiger partial charge in [0, 0.05) is 12.0 Å². The van der Waals surface area contributed by atoms with Gasteiger partial charge in [-0.3, -0.25) is 0 Å². The third-order valence-electron chi connectivity index (χ3n) is 4.07. The van der Waals surface area contributed by atoms with Gasteiger partial charge >= 0.3 is 0 Å². The Labute approximate surface area is 143 Å². The number of rotatable bonds is 7. The van der Waals surface area contributed by atoms with Gasteiger partial charge in [0.1, 0.15) is 18.1 Å². The Morgan fingerprint density at radius 1 is 1.04 bits per heavy atom. The standard InChI is InChI=1S/C21H24O3/c1-2-9-18-19(23-16-17-10-4-3-5-11-17)12-8-13-20(18)24-21-14-6-7-15-22-21/h2-5,8,10-13,21H,1,6-7,9,14-16H2. The molecule has 24 heavy (non-hydrogen) atoms. The van der Waals surface area contributed by atoms with Crippen LogP contribution in [0, 0.1) is 0 Å². The summed E-state index contributed by atoms with van der Waals surface area (Å²) >= 11 is 0. The molecule has 0 N–H and O–H groups in total. The smallest absolute Gasteiger partial charge is 0.199 e. The van der Waals surface area contributed by atoms with Crippen molar-refractivity contribution < 1.29 is 14.2 Å². The molecule has 2 aromatic rings. The van der Waals surface area contributed by atoms with Crippen LogP contribution in [0.2, 0.25) is 0 Å². The van der Waals surface area contributed by atoms with Crippen LogP contribution in [-0.2, 0) is 17.8 Å². The molecule has 0 spiro atoms. The molecule has 0 amide bonds. The molecule has 0 saturated carbocycles. The summed E-state index contributed by atoms with van der Waals surface area (Å²) in [5.74, 6) is 1.67. The first-order chi connectivity index (χ1) is 11.9. The molecular weight excluding hydrogens is 300 g/mol. The summed E-state index contributed by atoms with van der Waals surface area (Å²) in [6, 6.07) is 16.1. The first kappa shape index (κ1) is 16.6. The van der Waals surface area contributed by atoms with Crippen molar-refractivity contribution in [3.05, 3.63) is 72.3 Å². The van der Waals surface area contributed by atoms with Gasteiger partial charge in [0.05, 0.1) is 6.61 Å². The van der Waals surface area contributed by atoms with E-state index in [0.717, 1.165) is 48.5 Å². The summed E-state index contributed by atoms with van der Waals surface area (Å²) < 4.78 is 17.8. The largest absolute Gasteiger partial charge is 0.488 e. The lowest BCUT2D eigenvalue weighted by Crippen LogP contribution is -2.25. The molecule has 0 bridgehead atoms. The van der Waals surface area contributed by atoms with E-state index in [1.165, 1.54) is 0 Å². The molecule has 1 unspecified atom stereocenters. The van der Waals surface area contributed by atoms with Crippen molar-refractivity contribution in [1.82, 2.24) is 0 Å². The highest BCUT2D eigenvalue weighted by Crippen LogP contribution is 2.32. The van der Waals surface area contributed by atoms with E-state index in [1.807, 2.05) is 42.5 Å². The molecule has 3 rings (SSSR count). The molecule has 1 aliphatic heterocycles. The predicted octanol–water partition coefficient (Wildman–Crippen LogP) is 4.90. The highest BCUT2D eigenvalue weighted by atomic mass is 16.7. The lowest BCUT2D eigenvalue weighted by atomic mass is 10.1. The summed E-state index contributed by atoms with van der Waals surface area (Å²) in [7, 11) is 0. The van der Waals surface area contributed by atoms with Crippen LogP contribution in [0.4, 0.5) is 0 Å². The molecule has 1 aliphatic rings. The van der Waals surface area contributed by atoms with Crippen molar-refractivity contribution in [2.45, 2.75) is 38.6 Å². The van der Waals surface area contributed by atoms with E-state index in [2.05, 4.69) is 18.7 Å². The van der Waals surface area contributed by atoms with E-state index < -0.39 is 0 Å². The van der Waals surface area contributed by atoms with Crippen LogP contribution in [-0.4, -0.2) is 12.9 Å². The Balaban J connectivity index is 1.75. The number of allylic oxidation sites excluding steroid dienone is 1. The van der Waals surface area contributed by atoms with Crippen LogP contribution in [0.3, 0.4) is 0 Å². The molecule has 0 aromatic heterocycles. The van der Waals surface area contributed by atoms with Gasteiger partial charge in [-0.1, -0.05) is 42.5 Å². The molecule has 0 aliphatic carbocycles. The Morgan fingerprint density at radius 2 is 1.88 bits per heavy atom. The first-order valence-electron chi connectivity index (χ1n) is 8.54. The summed E-state index contributed by atoms with van der Waals surface area (Å²) in [4.78, 5) is 0. The molecular formula is C21H24O3. The maximum Gasteiger partial charge on any atom is 0.199 e. The van der Waals surface area contributed by atoms with Gasteiger partial charge in [-0.2, -0.15) is 0 Å². The fourth-order valence-corrected chi connectivity index (χ4v) is 2.82. The molecule has 2 aromatic carbocycles. The SMILES string of the molecule is C=CCc1c(OCc2ccccc2)cccc1OC1CCCCO1. The average Bonchev–Trinajstić information content (AvgIpc) is 2.64. The lowest BCUT2D eigenvalue weighted by Gasteiger charge is -2.25.